The molecule has 0 saturated carbocycles. The van der Waals surface area contributed by atoms with Gasteiger partial charge in [0, 0.05) is 43.2 Å². The molecular weight excluding hydrogens is 178 g/mol. The van der Waals surface area contributed by atoms with Crippen molar-refractivity contribution < 1.29 is 0 Å². The molecule has 0 amide bonds. The standard InChI is InChI=1S/C10H15N3O/c1-7-4-10(14)8(5-13-7)9-6-11-2-3-12-9/h4-5,9,11-12H,2-3,6H2,1H3,(H,13,14)/t9-/m0/s1. The van der Waals surface area contributed by atoms with E-state index in [-0.39, 0.29) is 11.5 Å². The van der Waals surface area contributed by atoms with Crippen molar-refractivity contribution in [2.45, 2.75) is 13.0 Å². The van der Waals surface area contributed by atoms with Crippen molar-refractivity contribution in [3.05, 3.63) is 33.7 Å². The summed E-state index contributed by atoms with van der Waals surface area (Å²) in [7, 11) is 0. The first-order valence-electron chi connectivity index (χ1n) is 4.91. The molecule has 1 aromatic rings. The minimum absolute atomic E-state index is 0.113. The van der Waals surface area contributed by atoms with Crippen molar-refractivity contribution in [3.63, 3.8) is 0 Å². The Morgan fingerprint density at radius 3 is 2.93 bits per heavy atom. The third-order valence-electron chi connectivity index (χ3n) is 2.50. The van der Waals surface area contributed by atoms with E-state index in [4.69, 9.17) is 0 Å². The van der Waals surface area contributed by atoms with Crippen molar-refractivity contribution >= 4 is 0 Å². The van der Waals surface area contributed by atoms with Crippen LogP contribution in [0.25, 0.3) is 0 Å². The van der Waals surface area contributed by atoms with Crippen LogP contribution in [0.5, 0.6) is 0 Å². The van der Waals surface area contributed by atoms with Gasteiger partial charge in [0.15, 0.2) is 5.43 Å². The van der Waals surface area contributed by atoms with Crippen LogP contribution in [0.3, 0.4) is 0 Å². The highest BCUT2D eigenvalue weighted by atomic mass is 16.1. The Labute approximate surface area is 82.7 Å². The number of piperazine rings is 1. The molecule has 1 aromatic heterocycles. The van der Waals surface area contributed by atoms with Crippen LogP contribution in [-0.4, -0.2) is 24.6 Å². The van der Waals surface area contributed by atoms with Crippen LogP contribution >= 0.6 is 0 Å². The second kappa shape index (κ2) is 3.94. The monoisotopic (exact) mass is 193 g/mol. The molecule has 0 radical (unpaired) electrons. The molecule has 0 bridgehead atoms. The lowest BCUT2D eigenvalue weighted by Gasteiger charge is -2.24. The van der Waals surface area contributed by atoms with E-state index < -0.39 is 0 Å². The summed E-state index contributed by atoms with van der Waals surface area (Å²) in [5, 5.41) is 6.57. The zero-order chi connectivity index (χ0) is 9.97. The number of rotatable bonds is 1. The van der Waals surface area contributed by atoms with Crippen molar-refractivity contribution in [3.8, 4) is 0 Å². The first kappa shape index (κ1) is 9.43. The van der Waals surface area contributed by atoms with Gasteiger partial charge in [0.2, 0.25) is 0 Å². The van der Waals surface area contributed by atoms with E-state index in [1.807, 2.05) is 13.1 Å². The fourth-order valence-electron chi connectivity index (χ4n) is 1.73. The second-order valence-electron chi connectivity index (χ2n) is 3.65. The number of hydrogen-bond donors (Lipinski definition) is 3. The van der Waals surface area contributed by atoms with Gasteiger partial charge in [0.25, 0.3) is 0 Å². The summed E-state index contributed by atoms with van der Waals surface area (Å²) >= 11 is 0. The maximum absolute atomic E-state index is 11.7. The van der Waals surface area contributed by atoms with Gasteiger partial charge in [0.1, 0.15) is 0 Å². The molecule has 1 saturated heterocycles. The average molecular weight is 193 g/mol. The molecule has 4 nitrogen and oxygen atoms in total. The predicted octanol–water partition coefficient (Wildman–Crippen LogP) is -0.0828. The van der Waals surface area contributed by atoms with E-state index in [2.05, 4.69) is 15.6 Å². The average Bonchev–Trinajstić information content (AvgIpc) is 2.19. The second-order valence-corrected chi connectivity index (χ2v) is 3.65. The van der Waals surface area contributed by atoms with Crippen LogP contribution in [0, 0.1) is 6.92 Å². The Hall–Kier alpha value is -1.13. The summed E-state index contributed by atoms with van der Waals surface area (Å²) in [6.07, 6.45) is 1.81. The van der Waals surface area contributed by atoms with Crippen LogP contribution < -0.4 is 16.1 Å². The highest BCUT2D eigenvalue weighted by molar-refractivity contribution is 5.18. The summed E-state index contributed by atoms with van der Waals surface area (Å²) in [5.74, 6) is 0. The number of hydrogen-bond acceptors (Lipinski definition) is 3. The smallest absolute Gasteiger partial charge is 0.186 e. The van der Waals surface area contributed by atoms with Crippen molar-refractivity contribution in [1.29, 1.82) is 0 Å². The quantitative estimate of drug-likeness (QED) is 0.584. The van der Waals surface area contributed by atoms with Gasteiger partial charge in [0.05, 0.1) is 6.04 Å². The minimum Gasteiger partial charge on any atom is -0.365 e. The Morgan fingerprint density at radius 1 is 1.43 bits per heavy atom. The van der Waals surface area contributed by atoms with Crippen molar-refractivity contribution in [2.24, 2.45) is 0 Å². The van der Waals surface area contributed by atoms with E-state index in [9.17, 15) is 4.79 Å². The zero-order valence-corrected chi connectivity index (χ0v) is 8.26. The maximum Gasteiger partial charge on any atom is 0.186 e. The number of pyridine rings is 1. The van der Waals surface area contributed by atoms with Gasteiger partial charge in [-0.1, -0.05) is 0 Å². The molecule has 0 unspecified atom stereocenters. The molecule has 1 aliphatic rings. The Kier molecular flexibility index (Phi) is 2.65. The molecule has 2 rings (SSSR count). The first-order chi connectivity index (χ1) is 6.77. The van der Waals surface area contributed by atoms with E-state index in [1.165, 1.54) is 0 Å². The molecule has 2 heterocycles. The van der Waals surface area contributed by atoms with Crippen molar-refractivity contribution in [1.82, 2.24) is 15.6 Å². The molecule has 0 aliphatic carbocycles. The predicted molar refractivity (Wildman–Crippen MR) is 55.4 cm³/mol. The molecular formula is C10H15N3O. The highest BCUT2D eigenvalue weighted by Gasteiger charge is 2.16. The van der Waals surface area contributed by atoms with E-state index in [1.54, 1.807) is 6.07 Å². The third-order valence-corrected chi connectivity index (χ3v) is 2.50. The Balaban J connectivity index is 2.26. The molecule has 1 atom stereocenters. The molecule has 4 heteroatoms. The van der Waals surface area contributed by atoms with E-state index in [0.717, 1.165) is 30.9 Å². The molecule has 1 fully saturated rings. The summed E-state index contributed by atoms with van der Waals surface area (Å²) in [6.45, 7) is 4.60. The van der Waals surface area contributed by atoms with Gasteiger partial charge in [-0.05, 0) is 6.92 Å². The van der Waals surface area contributed by atoms with Gasteiger partial charge in [-0.15, -0.1) is 0 Å². The molecule has 1 aliphatic heterocycles. The molecule has 0 aromatic carbocycles. The summed E-state index contributed by atoms with van der Waals surface area (Å²) in [6, 6.07) is 1.79. The van der Waals surface area contributed by atoms with Crippen molar-refractivity contribution in [2.75, 3.05) is 19.6 Å². The molecule has 76 valence electrons. The van der Waals surface area contributed by atoms with Crippen LogP contribution in [0.2, 0.25) is 0 Å². The summed E-state index contributed by atoms with van der Waals surface area (Å²) in [4.78, 5) is 14.7. The SMILES string of the molecule is Cc1cc(=O)c([C@@H]2CNCCN2)c[nH]1. The fraction of sp³-hybridized carbons (Fsp3) is 0.500. The maximum atomic E-state index is 11.7. The fourth-order valence-corrected chi connectivity index (χ4v) is 1.73. The van der Waals surface area contributed by atoms with Gasteiger partial charge in [-0.3, -0.25) is 4.79 Å². The topological polar surface area (TPSA) is 56.9 Å². The van der Waals surface area contributed by atoms with Gasteiger partial charge >= 0.3 is 0 Å². The number of aromatic nitrogens is 1. The Morgan fingerprint density at radius 2 is 2.29 bits per heavy atom. The zero-order valence-electron chi connectivity index (χ0n) is 8.26. The molecule has 0 spiro atoms. The van der Waals surface area contributed by atoms with Gasteiger partial charge in [-0.2, -0.15) is 0 Å². The number of aromatic amines is 1. The molecule has 14 heavy (non-hydrogen) atoms. The lowest BCUT2D eigenvalue weighted by molar-refractivity contribution is 0.428. The van der Waals surface area contributed by atoms with Crippen LogP contribution in [0.1, 0.15) is 17.3 Å². The van der Waals surface area contributed by atoms with Gasteiger partial charge < -0.3 is 15.6 Å². The number of aryl methyl sites for hydroxylation is 1. The minimum atomic E-state index is 0.113. The summed E-state index contributed by atoms with van der Waals surface area (Å²) < 4.78 is 0. The van der Waals surface area contributed by atoms with E-state index >= 15 is 0 Å². The normalized spacial score (nSPS) is 22.2. The van der Waals surface area contributed by atoms with E-state index in [0.29, 0.717) is 0 Å². The van der Waals surface area contributed by atoms with Crippen LogP contribution in [0.15, 0.2) is 17.1 Å². The molecule has 3 N–H and O–H groups in total. The highest BCUT2D eigenvalue weighted by Crippen LogP contribution is 2.07. The van der Waals surface area contributed by atoms with Crippen LogP contribution in [-0.2, 0) is 0 Å². The van der Waals surface area contributed by atoms with Crippen LogP contribution in [0.4, 0.5) is 0 Å². The first-order valence-corrected chi connectivity index (χ1v) is 4.91. The summed E-state index contributed by atoms with van der Waals surface area (Å²) in [5.41, 5.74) is 1.84. The Bertz CT molecular complexity index is 366. The lowest BCUT2D eigenvalue weighted by Crippen LogP contribution is -2.44. The number of nitrogens with one attached hydrogen (secondary N) is 3. The van der Waals surface area contributed by atoms with Gasteiger partial charge in [-0.25, -0.2) is 0 Å². The third kappa shape index (κ3) is 1.86. The largest absolute Gasteiger partial charge is 0.365 e. The number of H-pyrrole nitrogens is 1. The lowest BCUT2D eigenvalue weighted by atomic mass is 10.1.